The van der Waals surface area contributed by atoms with Crippen molar-refractivity contribution in [2.75, 3.05) is 7.11 Å². The number of esters is 1. The van der Waals surface area contributed by atoms with E-state index in [2.05, 4.69) is 16.6 Å². The van der Waals surface area contributed by atoms with Gasteiger partial charge >= 0.3 is 12.1 Å². The fourth-order valence-electron chi connectivity index (χ4n) is 1.23. The van der Waals surface area contributed by atoms with Gasteiger partial charge in [0.1, 0.15) is 6.42 Å². The minimum Gasteiger partial charge on any atom is -0.468 e. The molecule has 0 heterocycles. The molecule has 0 aromatic heterocycles. The van der Waals surface area contributed by atoms with E-state index in [1.165, 1.54) is 7.11 Å². The molecule has 0 radical (unpaired) electrons. The summed E-state index contributed by atoms with van der Waals surface area (Å²) in [5.41, 5.74) is -0.966. The predicted molar refractivity (Wildman–Crippen MR) is 60.3 cm³/mol. The number of carbonyl (C=O) groups is 2. The van der Waals surface area contributed by atoms with Gasteiger partial charge < -0.3 is 4.74 Å². The highest BCUT2D eigenvalue weighted by Gasteiger charge is 2.30. The molecule has 6 heteroatoms. The maximum Gasteiger partial charge on any atom is 0.416 e. The number of benzene rings is 1. The highest BCUT2D eigenvalue weighted by molar-refractivity contribution is 5.80. The second-order valence-corrected chi connectivity index (χ2v) is 3.47. The highest BCUT2D eigenvalue weighted by atomic mass is 19.4. The van der Waals surface area contributed by atoms with E-state index in [4.69, 9.17) is 0 Å². The van der Waals surface area contributed by atoms with Crippen molar-refractivity contribution in [2.24, 2.45) is 0 Å². The lowest BCUT2D eigenvalue weighted by Gasteiger charge is -2.07. The molecule has 0 spiro atoms. The summed E-state index contributed by atoms with van der Waals surface area (Å²) in [7, 11) is 1.19. The zero-order valence-corrected chi connectivity index (χ0v) is 9.88. The number of rotatable bonds is 2. The number of aldehydes is 1. The van der Waals surface area contributed by atoms with Gasteiger partial charge in [-0.3, -0.25) is 9.59 Å². The monoisotopic (exact) mass is 270 g/mol. The summed E-state index contributed by atoms with van der Waals surface area (Å²) in [5.74, 6) is 4.32. The molecule has 1 rings (SSSR count). The standard InChI is InChI=1S/C13H9F3O3/c1-19-12(18)4-2-3-9-5-6-11(13(14,15)16)7-10(9)8-17/h5-8H,4H2,1H3. The van der Waals surface area contributed by atoms with Crippen molar-refractivity contribution in [1.29, 1.82) is 0 Å². The zero-order valence-electron chi connectivity index (χ0n) is 9.88. The summed E-state index contributed by atoms with van der Waals surface area (Å²) in [6, 6.07) is 2.64. The number of halogens is 3. The van der Waals surface area contributed by atoms with E-state index in [1.807, 2.05) is 0 Å². The summed E-state index contributed by atoms with van der Waals surface area (Å²) in [6.07, 6.45) is -4.43. The molecule has 0 saturated heterocycles. The quantitative estimate of drug-likeness (QED) is 0.471. The first-order valence-corrected chi connectivity index (χ1v) is 5.10. The molecule has 3 nitrogen and oxygen atoms in total. The first-order valence-electron chi connectivity index (χ1n) is 5.10. The Morgan fingerprint density at radius 1 is 1.42 bits per heavy atom. The van der Waals surface area contributed by atoms with Crippen LogP contribution in [-0.4, -0.2) is 19.4 Å². The second-order valence-electron chi connectivity index (χ2n) is 3.47. The number of carbonyl (C=O) groups excluding carboxylic acids is 2. The summed E-state index contributed by atoms with van der Waals surface area (Å²) < 4.78 is 41.6. The van der Waals surface area contributed by atoms with Crippen LogP contribution in [0.25, 0.3) is 0 Å². The van der Waals surface area contributed by atoms with Crippen LogP contribution in [0.4, 0.5) is 13.2 Å². The molecule has 0 fully saturated rings. The van der Waals surface area contributed by atoms with Crippen LogP contribution in [-0.2, 0) is 15.7 Å². The van der Waals surface area contributed by atoms with Crippen molar-refractivity contribution in [3.05, 3.63) is 34.9 Å². The van der Waals surface area contributed by atoms with E-state index in [9.17, 15) is 22.8 Å². The molecule has 1 aromatic carbocycles. The van der Waals surface area contributed by atoms with Crippen LogP contribution < -0.4 is 0 Å². The van der Waals surface area contributed by atoms with Crippen LogP contribution in [0.15, 0.2) is 18.2 Å². The van der Waals surface area contributed by atoms with E-state index < -0.39 is 17.7 Å². The summed E-state index contributed by atoms with van der Waals surface area (Å²) in [6.45, 7) is 0. The minimum absolute atomic E-state index is 0.131. The molecule has 0 saturated carbocycles. The summed E-state index contributed by atoms with van der Waals surface area (Å²) in [5, 5.41) is 0. The molecule has 0 unspecified atom stereocenters. The second kappa shape index (κ2) is 6.05. The molecule has 0 aliphatic rings. The average molecular weight is 270 g/mol. The topological polar surface area (TPSA) is 43.4 Å². The Labute approximate surface area is 107 Å². The van der Waals surface area contributed by atoms with Gasteiger partial charge in [-0.2, -0.15) is 13.2 Å². The Kier molecular flexibility index (Phi) is 4.70. The van der Waals surface area contributed by atoms with Gasteiger partial charge in [0.25, 0.3) is 0 Å². The molecule has 0 N–H and O–H groups in total. The van der Waals surface area contributed by atoms with Crippen LogP contribution in [0.5, 0.6) is 0 Å². The largest absolute Gasteiger partial charge is 0.468 e. The average Bonchev–Trinajstić information content (AvgIpc) is 2.37. The molecule has 0 aliphatic heterocycles. The maximum absolute atomic E-state index is 12.4. The van der Waals surface area contributed by atoms with E-state index in [1.54, 1.807) is 0 Å². The van der Waals surface area contributed by atoms with Gasteiger partial charge in [0, 0.05) is 11.1 Å². The van der Waals surface area contributed by atoms with Crippen LogP contribution in [0, 0.1) is 11.8 Å². The normalized spacial score (nSPS) is 10.3. The van der Waals surface area contributed by atoms with Crippen molar-refractivity contribution in [2.45, 2.75) is 12.6 Å². The van der Waals surface area contributed by atoms with Gasteiger partial charge in [0.2, 0.25) is 0 Å². The maximum atomic E-state index is 12.4. The third-order valence-electron chi connectivity index (χ3n) is 2.19. The Hall–Kier alpha value is -2.29. The van der Waals surface area contributed by atoms with Gasteiger partial charge in [-0.05, 0) is 18.2 Å². The first-order chi connectivity index (χ1) is 8.88. The molecule has 0 bridgehead atoms. The number of hydrogen-bond acceptors (Lipinski definition) is 3. The molecule has 0 amide bonds. The van der Waals surface area contributed by atoms with E-state index in [-0.39, 0.29) is 23.8 Å². The first kappa shape index (κ1) is 14.8. The van der Waals surface area contributed by atoms with Crippen molar-refractivity contribution in [1.82, 2.24) is 0 Å². The molecular formula is C13H9F3O3. The Balaban J connectivity index is 3.03. The number of methoxy groups -OCH3 is 1. The Morgan fingerprint density at radius 2 is 2.11 bits per heavy atom. The number of ether oxygens (including phenoxy) is 1. The van der Waals surface area contributed by atoms with Gasteiger partial charge in [-0.25, -0.2) is 0 Å². The molecule has 0 atom stereocenters. The van der Waals surface area contributed by atoms with E-state index >= 15 is 0 Å². The predicted octanol–water partition coefficient (Wildman–Crippen LogP) is 2.43. The van der Waals surface area contributed by atoms with Gasteiger partial charge in [-0.15, -0.1) is 0 Å². The number of alkyl halides is 3. The third-order valence-corrected chi connectivity index (χ3v) is 2.19. The molecular weight excluding hydrogens is 261 g/mol. The van der Waals surface area contributed by atoms with Crippen molar-refractivity contribution in [3.63, 3.8) is 0 Å². The zero-order chi connectivity index (χ0) is 14.5. The van der Waals surface area contributed by atoms with E-state index in [0.717, 1.165) is 18.2 Å². The fraction of sp³-hybridized carbons (Fsp3) is 0.231. The SMILES string of the molecule is COC(=O)CC#Cc1ccc(C(F)(F)F)cc1C=O. The Morgan fingerprint density at radius 3 is 2.63 bits per heavy atom. The van der Waals surface area contributed by atoms with Crippen LogP contribution >= 0.6 is 0 Å². The lowest BCUT2D eigenvalue weighted by Crippen LogP contribution is -2.06. The minimum atomic E-state index is -4.52. The van der Waals surface area contributed by atoms with Crippen molar-refractivity contribution >= 4 is 12.3 Å². The van der Waals surface area contributed by atoms with Crippen LogP contribution in [0.3, 0.4) is 0 Å². The summed E-state index contributed by atoms with van der Waals surface area (Å²) >= 11 is 0. The van der Waals surface area contributed by atoms with E-state index in [0.29, 0.717) is 0 Å². The molecule has 100 valence electrons. The van der Waals surface area contributed by atoms with Crippen molar-refractivity contribution in [3.8, 4) is 11.8 Å². The van der Waals surface area contributed by atoms with Gasteiger partial charge in [-0.1, -0.05) is 11.8 Å². The number of hydrogen-bond donors (Lipinski definition) is 0. The fourth-order valence-corrected chi connectivity index (χ4v) is 1.23. The molecule has 0 aliphatic carbocycles. The molecule has 1 aromatic rings. The lowest BCUT2D eigenvalue weighted by molar-refractivity contribution is -0.139. The van der Waals surface area contributed by atoms with Crippen LogP contribution in [0.2, 0.25) is 0 Å². The Bertz CT molecular complexity index is 550. The van der Waals surface area contributed by atoms with Crippen molar-refractivity contribution < 1.29 is 27.5 Å². The third kappa shape index (κ3) is 4.14. The van der Waals surface area contributed by atoms with Gasteiger partial charge in [0.15, 0.2) is 6.29 Å². The van der Waals surface area contributed by atoms with Crippen LogP contribution in [0.1, 0.15) is 27.9 Å². The smallest absolute Gasteiger partial charge is 0.416 e. The molecule has 19 heavy (non-hydrogen) atoms. The highest BCUT2D eigenvalue weighted by Crippen LogP contribution is 2.30. The lowest BCUT2D eigenvalue weighted by atomic mass is 10.0. The van der Waals surface area contributed by atoms with Gasteiger partial charge in [0.05, 0.1) is 12.7 Å². The summed E-state index contributed by atoms with van der Waals surface area (Å²) in [4.78, 5) is 21.5.